The van der Waals surface area contributed by atoms with Crippen LogP contribution in [-0.4, -0.2) is 15.7 Å². The van der Waals surface area contributed by atoms with Crippen LogP contribution in [0.1, 0.15) is 21.6 Å². The second kappa shape index (κ2) is 7.45. The molecule has 1 N–H and O–H groups in total. The highest BCUT2D eigenvalue weighted by molar-refractivity contribution is 5.92. The molecule has 1 heterocycles. The minimum Gasteiger partial charge on any atom is -0.347 e. The Morgan fingerprint density at radius 3 is 2.26 bits per heavy atom. The van der Waals surface area contributed by atoms with Crippen LogP contribution in [0.3, 0.4) is 0 Å². The van der Waals surface area contributed by atoms with Gasteiger partial charge in [-0.3, -0.25) is 9.59 Å². The molecule has 0 unspecified atom stereocenters. The number of para-hydroxylation sites is 1. The lowest BCUT2D eigenvalue weighted by Gasteiger charge is -2.09. The van der Waals surface area contributed by atoms with Gasteiger partial charge in [-0.1, -0.05) is 30.3 Å². The van der Waals surface area contributed by atoms with Crippen LogP contribution in [0.15, 0.2) is 71.5 Å². The SMILES string of the molecule is O=C(NCc1ccc(C(F)(F)F)cc1)c1ccc(=O)n(-c2ccccc2)n1. The van der Waals surface area contributed by atoms with Crippen molar-refractivity contribution in [2.45, 2.75) is 12.7 Å². The van der Waals surface area contributed by atoms with Crippen molar-refractivity contribution in [1.82, 2.24) is 15.1 Å². The lowest BCUT2D eigenvalue weighted by atomic mass is 10.1. The van der Waals surface area contributed by atoms with Gasteiger partial charge in [0.1, 0.15) is 5.69 Å². The van der Waals surface area contributed by atoms with Gasteiger partial charge < -0.3 is 5.32 Å². The van der Waals surface area contributed by atoms with Crippen molar-refractivity contribution >= 4 is 5.91 Å². The molecule has 0 saturated carbocycles. The summed E-state index contributed by atoms with van der Waals surface area (Å²) >= 11 is 0. The Morgan fingerprint density at radius 1 is 0.963 bits per heavy atom. The molecule has 1 aromatic heterocycles. The molecule has 0 radical (unpaired) electrons. The van der Waals surface area contributed by atoms with E-state index in [1.807, 2.05) is 0 Å². The molecular weight excluding hydrogens is 359 g/mol. The molecule has 0 bridgehead atoms. The third kappa shape index (κ3) is 4.41. The van der Waals surface area contributed by atoms with Crippen molar-refractivity contribution in [3.05, 3.63) is 93.9 Å². The number of carbonyl (C=O) groups excluding carboxylic acids is 1. The molecule has 2 aromatic carbocycles. The molecule has 0 fully saturated rings. The Labute approximate surface area is 152 Å². The van der Waals surface area contributed by atoms with Crippen LogP contribution in [-0.2, 0) is 12.7 Å². The number of halogens is 3. The van der Waals surface area contributed by atoms with E-state index in [0.717, 1.165) is 16.8 Å². The minimum atomic E-state index is -4.41. The summed E-state index contributed by atoms with van der Waals surface area (Å²) in [5.74, 6) is -0.542. The molecule has 0 aliphatic heterocycles. The second-order valence-corrected chi connectivity index (χ2v) is 5.68. The molecule has 0 spiro atoms. The summed E-state index contributed by atoms with van der Waals surface area (Å²) in [4.78, 5) is 24.2. The van der Waals surface area contributed by atoms with Crippen molar-refractivity contribution < 1.29 is 18.0 Å². The van der Waals surface area contributed by atoms with E-state index in [2.05, 4.69) is 10.4 Å². The number of amides is 1. The zero-order valence-electron chi connectivity index (χ0n) is 13.9. The van der Waals surface area contributed by atoms with Crippen LogP contribution in [0.5, 0.6) is 0 Å². The zero-order chi connectivity index (χ0) is 19.4. The number of hydrogen-bond acceptors (Lipinski definition) is 3. The number of rotatable bonds is 4. The van der Waals surface area contributed by atoms with Crippen molar-refractivity contribution in [3.8, 4) is 5.69 Å². The van der Waals surface area contributed by atoms with Crippen LogP contribution >= 0.6 is 0 Å². The molecule has 0 atom stereocenters. The first kappa shape index (κ1) is 18.4. The first-order valence-corrected chi connectivity index (χ1v) is 7.95. The number of benzene rings is 2. The number of carbonyl (C=O) groups is 1. The van der Waals surface area contributed by atoms with E-state index in [9.17, 15) is 22.8 Å². The highest BCUT2D eigenvalue weighted by Crippen LogP contribution is 2.29. The van der Waals surface area contributed by atoms with Gasteiger partial charge in [-0.15, -0.1) is 0 Å². The molecule has 3 aromatic rings. The predicted molar refractivity (Wildman–Crippen MR) is 92.4 cm³/mol. The van der Waals surface area contributed by atoms with Crippen LogP contribution in [0.2, 0.25) is 0 Å². The van der Waals surface area contributed by atoms with Gasteiger partial charge in [0.15, 0.2) is 0 Å². The molecule has 1 amide bonds. The van der Waals surface area contributed by atoms with Gasteiger partial charge in [-0.2, -0.15) is 23.0 Å². The first-order valence-electron chi connectivity index (χ1n) is 7.95. The van der Waals surface area contributed by atoms with E-state index in [4.69, 9.17) is 0 Å². The fourth-order valence-electron chi connectivity index (χ4n) is 2.37. The maximum atomic E-state index is 12.6. The first-order chi connectivity index (χ1) is 12.8. The van der Waals surface area contributed by atoms with Crippen molar-refractivity contribution in [2.75, 3.05) is 0 Å². The lowest BCUT2D eigenvalue weighted by Crippen LogP contribution is -2.28. The highest BCUT2D eigenvalue weighted by atomic mass is 19.4. The summed E-state index contributed by atoms with van der Waals surface area (Å²) in [7, 11) is 0. The fourth-order valence-corrected chi connectivity index (χ4v) is 2.37. The Hall–Kier alpha value is -3.42. The molecular formula is C19H14F3N3O2. The highest BCUT2D eigenvalue weighted by Gasteiger charge is 2.29. The second-order valence-electron chi connectivity index (χ2n) is 5.68. The molecule has 3 rings (SSSR count). The van der Waals surface area contributed by atoms with E-state index < -0.39 is 17.6 Å². The number of hydrogen-bond donors (Lipinski definition) is 1. The smallest absolute Gasteiger partial charge is 0.347 e. The normalized spacial score (nSPS) is 11.2. The van der Waals surface area contributed by atoms with Gasteiger partial charge in [0, 0.05) is 12.6 Å². The molecule has 8 heteroatoms. The van der Waals surface area contributed by atoms with Crippen LogP contribution in [0, 0.1) is 0 Å². The summed E-state index contributed by atoms with van der Waals surface area (Å²) in [6.45, 7) is 0.0309. The molecule has 0 aliphatic rings. The Kier molecular flexibility index (Phi) is 5.07. The Balaban J connectivity index is 1.72. The summed E-state index contributed by atoms with van der Waals surface area (Å²) in [6, 6.07) is 15.6. The van der Waals surface area contributed by atoms with Crippen molar-refractivity contribution in [1.29, 1.82) is 0 Å². The average molecular weight is 373 g/mol. The van der Waals surface area contributed by atoms with Gasteiger partial charge in [-0.25, -0.2) is 0 Å². The van der Waals surface area contributed by atoms with Gasteiger partial charge in [0.25, 0.3) is 11.5 Å². The maximum Gasteiger partial charge on any atom is 0.416 e. The summed E-state index contributed by atoms with van der Waals surface area (Å²) in [6.07, 6.45) is -4.41. The monoisotopic (exact) mass is 373 g/mol. The van der Waals surface area contributed by atoms with Crippen LogP contribution < -0.4 is 10.9 Å². The van der Waals surface area contributed by atoms with Gasteiger partial charge in [-0.05, 0) is 35.9 Å². The van der Waals surface area contributed by atoms with Crippen molar-refractivity contribution in [2.24, 2.45) is 0 Å². The summed E-state index contributed by atoms with van der Waals surface area (Å²) in [5, 5.41) is 6.62. The van der Waals surface area contributed by atoms with E-state index in [1.54, 1.807) is 30.3 Å². The van der Waals surface area contributed by atoms with Gasteiger partial charge in [0.05, 0.1) is 11.3 Å². The van der Waals surface area contributed by atoms with E-state index >= 15 is 0 Å². The predicted octanol–water partition coefficient (Wildman–Crippen LogP) is 3.18. The standard InChI is InChI=1S/C19H14F3N3O2/c20-19(21,22)14-8-6-13(7-9-14)12-23-18(27)16-10-11-17(26)25(24-16)15-4-2-1-3-5-15/h1-11H,12H2,(H,23,27). The third-order valence-corrected chi connectivity index (χ3v) is 3.77. The topological polar surface area (TPSA) is 64.0 Å². The van der Waals surface area contributed by atoms with E-state index in [0.29, 0.717) is 11.3 Å². The molecule has 0 aliphatic carbocycles. The largest absolute Gasteiger partial charge is 0.416 e. The van der Waals surface area contributed by atoms with Crippen LogP contribution in [0.4, 0.5) is 13.2 Å². The Morgan fingerprint density at radius 2 is 1.63 bits per heavy atom. The molecule has 0 saturated heterocycles. The molecule has 138 valence electrons. The quantitative estimate of drug-likeness (QED) is 0.764. The zero-order valence-corrected chi connectivity index (χ0v) is 13.9. The molecule has 27 heavy (non-hydrogen) atoms. The number of alkyl halides is 3. The maximum absolute atomic E-state index is 12.6. The number of nitrogens with zero attached hydrogens (tertiary/aromatic N) is 2. The number of aromatic nitrogens is 2. The summed E-state index contributed by atoms with van der Waals surface area (Å²) < 4.78 is 38.8. The van der Waals surface area contributed by atoms with Crippen LogP contribution in [0.25, 0.3) is 5.69 Å². The minimum absolute atomic E-state index is 0.0189. The lowest BCUT2D eigenvalue weighted by molar-refractivity contribution is -0.137. The average Bonchev–Trinajstić information content (AvgIpc) is 2.67. The van der Waals surface area contributed by atoms with E-state index in [-0.39, 0.29) is 17.8 Å². The fraction of sp³-hybridized carbons (Fsp3) is 0.105. The Bertz CT molecular complexity index is 997. The summed E-state index contributed by atoms with van der Waals surface area (Å²) in [5.41, 5.74) is -0.104. The third-order valence-electron chi connectivity index (χ3n) is 3.77. The van der Waals surface area contributed by atoms with Gasteiger partial charge >= 0.3 is 6.18 Å². The van der Waals surface area contributed by atoms with E-state index in [1.165, 1.54) is 24.3 Å². The molecule has 5 nitrogen and oxygen atoms in total. The number of nitrogens with one attached hydrogen (secondary N) is 1. The van der Waals surface area contributed by atoms with Gasteiger partial charge in [0.2, 0.25) is 0 Å². The van der Waals surface area contributed by atoms with Crippen molar-refractivity contribution in [3.63, 3.8) is 0 Å².